The smallest absolute Gasteiger partial charge is 0.410 e. The normalized spacial score (nSPS) is 17.6. The second-order valence-corrected chi connectivity index (χ2v) is 7.94. The van der Waals surface area contributed by atoms with Crippen LogP contribution in [0.2, 0.25) is 5.02 Å². The van der Waals surface area contributed by atoms with Gasteiger partial charge in [-0.25, -0.2) is 9.78 Å². The summed E-state index contributed by atoms with van der Waals surface area (Å²) in [5.74, 6) is 0.436. The van der Waals surface area contributed by atoms with E-state index in [0.29, 0.717) is 30.6 Å². The maximum atomic E-state index is 12.7. The fourth-order valence-corrected chi connectivity index (χ4v) is 3.26. The Labute approximate surface area is 164 Å². The number of halogens is 1. The molecule has 0 bridgehead atoms. The van der Waals surface area contributed by atoms with Gasteiger partial charge in [-0.05, 0) is 67.8 Å². The molecule has 2 heterocycles. The van der Waals surface area contributed by atoms with E-state index in [1.165, 1.54) is 0 Å². The van der Waals surface area contributed by atoms with Crippen LogP contribution in [0.5, 0.6) is 0 Å². The molecule has 1 saturated heterocycles. The minimum absolute atomic E-state index is 0.273. The quantitative estimate of drug-likeness (QED) is 0.828. The minimum atomic E-state index is -0.562. The Bertz CT molecular complexity index is 835. The molecule has 0 saturated carbocycles. The predicted molar refractivity (Wildman–Crippen MR) is 106 cm³/mol. The molecule has 1 aliphatic heterocycles. The molecule has 7 heteroatoms. The van der Waals surface area contributed by atoms with Crippen LogP contribution in [0.25, 0.3) is 11.1 Å². The monoisotopic (exact) mass is 389 g/mol. The molecule has 27 heavy (non-hydrogen) atoms. The molecule has 6 nitrogen and oxygen atoms in total. The molecule has 1 aromatic carbocycles. The molecule has 0 radical (unpaired) electrons. The molecule has 1 aliphatic rings. The average molecular weight is 390 g/mol. The van der Waals surface area contributed by atoms with Crippen LogP contribution in [-0.2, 0) is 9.47 Å². The lowest BCUT2D eigenvalue weighted by Crippen LogP contribution is -2.45. The highest BCUT2D eigenvalue weighted by molar-refractivity contribution is 6.31. The maximum Gasteiger partial charge on any atom is 0.410 e. The largest absolute Gasteiger partial charge is 0.444 e. The summed E-state index contributed by atoms with van der Waals surface area (Å²) in [7, 11) is 0. The van der Waals surface area contributed by atoms with Gasteiger partial charge in [-0.1, -0.05) is 11.6 Å². The van der Waals surface area contributed by atoms with Crippen LogP contribution in [-0.4, -0.2) is 41.3 Å². The van der Waals surface area contributed by atoms with Gasteiger partial charge in [0.25, 0.3) is 0 Å². The molecule has 0 unspecified atom stereocenters. The third-order valence-electron chi connectivity index (χ3n) is 4.18. The van der Waals surface area contributed by atoms with Crippen molar-refractivity contribution in [3.05, 3.63) is 47.1 Å². The first-order valence-electron chi connectivity index (χ1n) is 8.83. The molecule has 1 fully saturated rings. The topological polar surface area (TPSA) is 77.7 Å². The summed E-state index contributed by atoms with van der Waals surface area (Å²) in [5.41, 5.74) is 7.94. The van der Waals surface area contributed by atoms with Crippen LogP contribution in [0.15, 0.2) is 36.5 Å². The Kier molecular flexibility index (Phi) is 5.58. The number of carbonyl (C=O) groups excluding carboxylic acids is 1. The van der Waals surface area contributed by atoms with Crippen molar-refractivity contribution in [1.82, 2.24) is 9.88 Å². The summed E-state index contributed by atoms with van der Waals surface area (Å²) in [6.07, 6.45) is 1.30. The number of aromatic nitrogens is 1. The van der Waals surface area contributed by atoms with E-state index in [-0.39, 0.29) is 12.1 Å². The fraction of sp³-hybridized carbons (Fsp3) is 0.400. The molecular weight excluding hydrogens is 366 g/mol. The molecule has 144 valence electrons. The van der Waals surface area contributed by atoms with Crippen molar-refractivity contribution < 1.29 is 14.3 Å². The lowest BCUT2D eigenvalue weighted by atomic mass is 9.99. The summed E-state index contributed by atoms with van der Waals surface area (Å²) in [4.78, 5) is 18.4. The maximum absolute atomic E-state index is 12.7. The van der Waals surface area contributed by atoms with Gasteiger partial charge in [0, 0.05) is 17.8 Å². The number of carbonyl (C=O) groups is 1. The van der Waals surface area contributed by atoms with E-state index in [0.717, 1.165) is 16.7 Å². The predicted octanol–water partition coefficient (Wildman–Crippen LogP) is 4.29. The van der Waals surface area contributed by atoms with Crippen molar-refractivity contribution in [3.63, 3.8) is 0 Å². The Morgan fingerprint density at radius 1 is 1.30 bits per heavy atom. The van der Waals surface area contributed by atoms with Gasteiger partial charge in [-0.2, -0.15) is 0 Å². The van der Waals surface area contributed by atoms with E-state index in [9.17, 15) is 4.79 Å². The van der Waals surface area contributed by atoms with Gasteiger partial charge in [0.15, 0.2) is 0 Å². The van der Waals surface area contributed by atoms with Gasteiger partial charge in [0.1, 0.15) is 11.4 Å². The molecular formula is C20H24ClN3O3. The van der Waals surface area contributed by atoms with E-state index in [1.807, 2.05) is 45.0 Å². The molecule has 1 amide bonds. The number of anilines is 1. The van der Waals surface area contributed by atoms with Gasteiger partial charge in [0.05, 0.1) is 19.3 Å². The van der Waals surface area contributed by atoms with E-state index >= 15 is 0 Å². The zero-order valence-corrected chi connectivity index (χ0v) is 16.5. The first-order valence-corrected chi connectivity index (χ1v) is 9.20. The molecule has 0 spiro atoms. The lowest BCUT2D eigenvalue weighted by molar-refractivity contribution is -0.0331. The van der Waals surface area contributed by atoms with Gasteiger partial charge in [-0.15, -0.1) is 0 Å². The summed E-state index contributed by atoms with van der Waals surface area (Å²) in [6.45, 7) is 6.88. The summed E-state index contributed by atoms with van der Waals surface area (Å²) < 4.78 is 11.2. The highest BCUT2D eigenvalue weighted by Gasteiger charge is 2.32. The Morgan fingerprint density at radius 2 is 2.07 bits per heavy atom. The fourth-order valence-electron chi connectivity index (χ4n) is 3.02. The van der Waals surface area contributed by atoms with Crippen LogP contribution < -0.4 is 5.73 Å². The molecule has 2 aromatic rings. The minimum Gasteiger partial charge on any atom is -0.444 e. The number of nitrogen functional groups attached to an aromatic ring is 1. The number of rotatable bonds is 2. The second kappa shape index (κ2) is 7.74. The van der Waals surface area contributed by atoms with E-state index in [1.54, 1.807) is 17.2 Å². The third kappa shape index (κ3) is 4.90. The van der Waals surface area contributed by atoms with Crippen molar-refractivity contribution in [1.29, 1.82) is 0 Å². The SMILES string of the molecule is CC(C)(C)OC(=O)N1CCOC[C@H]1c1cc(Cl)cc(-c2ccnc(N)c2)c1. The van der Waals surface area contributed by atoms with Crippen LogP contribution in [0.3, 0.4) is 0 Å². The number of hydrogen-bond acceptors (Lipinski definition) is 5. The Morgan fingerprint density at radius 3 is 2.78 bits per heavy atom. The molecule has 1 aromatic heterocycles. The van der Waals surface area contributed by atoms with Crippen molar-refractivity contribution in [3.8, 4) is 11.1 Å². The highest BCUT2D eigenvalue weighted by atomic mass is 35.5. The van der Waals surface area contributed by atoms with Crippen molar-refractivity contribution in [2.45, 2.75) is 32.4 Å². The van der Waals surface area contributed by atoms with Crippen LogP contribution in [0.4, 0.5) is 10.6 Å². The first kappa shape index (κ1) is 19.5. The first-order chi connectivity index (χ1) is 12.7. The number of benzene rings is 1. The van der Waals surface area contributed by atoms with Crippen molar-refractivity contribution in [2.75, 3.05) is 25.5 Å². The van der Waals surface area contributed by atoms with E-state index in [4.69, 9.17) is 26.8 Å². The zero-order valence-electron chi connectivity index (χ0n) is 15.7. The average Bonchev–Trinajstić information content (AvgIpc) is 2.60. The van der Waals surface area contributed by atoms with Gasteiger partial charge in [0.2, 0.25) is 0 Å². The summed E-state index contributed by atoms with van der Waals surface area (Å²) in [5, 5.41) is 0.576. The molecule has 1 atom stereocenters. The number of morpholine rings is 1. The highest BCUT2D eigenvalue weighted by Crippen LogP contribution is 2.32. The molecule has 0 aliphatic carbocycles. The number of pyridine rings is 1. The Hall–Kier alpha value is -2.31. The van der Waals surface area contributed by atoms with Crippen molar-refractivity contribution in [2.24, 2.45) is 0 Å². The third-order valence-corrected chi connectivity index (χ3v) is 4.39. The van der Waals surface area contributed by atoms with Crippen LogP contribution >= 0.6 is 11.6 Å². The van der Waals surface area contributed by atoms with Gasteiger partial charge in [-0.3, -0.25) is 4.90 Å². The molecule has 2 N–H and O–H groups in total. The molecule has 3 rings (SSSR count). The number of hydrogen-bond donors (Lipinski definition) is 1. The van der Waals surface area contributed by atoms with Crippen molar-refractivity contribution >= 4 is 23.5 Å². The summed E-state index contributed by atoms with van der Waals surface area (Å²) >= 11 is 6.37. The zero-order chi connectivity index (χ0) is 19.6. The van der Waals surface area contributed by atoms with Gasteiger partial charge >= 0.3 is 6.09 Å². The van der Waals surface area contributed by atoms with Crippen LogP contribution in [0, 0.1) is 0 Å². The second-order valence-electron chi connectivity index (χ2n) is 7.51. The number of nitrogens with zero attached hydrogens (tertiary/aromatic N) is 2. The van der Waals surface area contributed by atoms with E-state index < -0.39 is 5.60 Å². The Balaban J connectivity index is 1.94. The lowest BCUT2D eigenvalue weighted by Gasteiger charge is -2.37. The van der Waals surface area contributed by atoms with E-state index in [2.05, 4.69) is 4.98 Å². The number of ether oxygens (including phenoxy) is 2. The van der Waals surface area contributed by atoms with Gasteiger partial charge < -0.3 is 15.2 Å². The number of nitrogens with two attached hydrogens (primary N) is 1. The standard InChI is InChI=1S/C20H24ClN3O3/c1-20(2,3)27-19(25)24-6-7-26-12-17(24)15-8-14(9-16(21)10-15)13-4-5-23-18(22)11-13/h4-5,8-11,17H,6-7,12H2,1-3H3,(H2,22,23)/t17-/m0/s1. The number of amides is 1. The van der Waals surface area contributed by atoms with Crippen LogP contribution in [0.1, 0.15) is 32.4 Å². The summed E-state index contributed by atoms with van der Waals surface area (Å²) in [6, 6.07) is 9.10.